The second-order valence-corrected chi connectivity index (χ2v) is 6.80. The molecule has 1 aliphatic heterocycles. The predicted molar refractivity (Wildman–Crippen MR) is 104 cm³/mol. The Morgan fingerprint density at radius 3 is 2.70 bits per heavy atom. The molecule has 0 saturated heterocycles. The molecule has 0 spiro atoms. The largest absolute Gasteiger partial charge is 0.480 e. The number of hydrogen-bond donors (Lipinski definition) is 3. The molecule has 0 fully saturated rings. The van der Waals surface area contributed by atoms with E-state index in [0.717, 1.165) is 33.4 Å². The van der Waals surface area contributed by atoms with Gasteiger partial charge in [0, 0.05) is 40.8 Å². The van der Waals surface area contributed by atoms with Crippen LogP contribution in [0.2, 0.25) is 0 Å². The molecule has 1 atom stereocenters. The van der Waals surface area contributed by atoms with Gasteiger partial charge in [-0.2, -0.15) is 0 Å². The molecule has 0 aliphatic carbocycles. The lowest BCUT2D eigenvalue weighted by molar-refractivity contribution is -0.137. The van der Waals surface area contributed by atoms with E-state index < -0.39 is 12.0 Å². The first kappa shape index (κ1) is 17.3. The monoisotopic (exact) mass is 363 g/mol. The highest BCUT2D eigenvalue weighted by atomic mass is 16.4. The number of aromatic nitrogens is 1. The molecule has 27 heavy (non-hydrogen) atoms. The Balaban J connectivity index is 1.78. The van der Waals surface area contributed by atoms with E-state index in [4.69, 9.17) is 0 Å². The molecule has 2 aromatic carbocycles. The minimum absolute atomic E-state index is 0.109. The van der Waals surface area contributed by atoms with Crippen LogP contribution in [0.15, 0.2) is 48.5 Å². The predicted octanol–water partition coefficient (Wildman–Crippen LogP) is 2.86. The molecule has 3 aromatic rings. The first-order valence-corrected chi connectivity index (χ1v) is 8.98. The molecule has 6 nitrogen and oxygen atoms in total. The Morgan fingerprint density at radius 1 is 1.19 bits per heavy atom. The third-order valence-corrected chi connectivity index (χ3v) is 5.08. The van der Waals surface area contributed by atoms with Gasteiger partial charge in [-0.25, -0.2) is 0 Å². The maximum Gasteiger partial charge on any atom is 0.323 e. The van der Waals surface area contributed by atoms with Crippen LogP contribution in [0.4, 0.5) is 5.69 Å². The molecule has 1 aliphatic rings. The molecule has 2 heterocycles. The molecule has 0 radical (unpaired) electrons. The van der Waals surface area contributed by atoms with Gasteiger partial charge in [-0.15, -0.1) is 0 Å². The summed E-state index contributed by atoms with van der Waals surface area (Å²) in [5, 5.41) is 16.6. The lowest BCUT2D eigenvalue weighted by Crippen LogP contribution is -2.38. The number of benzene rings is 2. The van der Waals surface area contributed by atoms with Crippen LogP contribution in [-0.2, 0) is 22.6 Å². The number of aliphatic carboxylic acids is 1. The number of hydrogen-bond acceptors (Lipinski definition) is 3. The molecule has 0 bridgehead atoms. The number of anilines is 1. The van der Waals surface area contributed by atoms with Gasteiger partial charge in [0.25, 0.3) is 0 Å². The molecule has 1 unspecified atom stereocenters. The molecule has 1 aromatic heterocycles. The number of carboxylic acid groups (broad SMARTS) is 1. The molecule has 1 amide bonds. The quantitative estimate of drug-likeness (QED) is 0.666. The summed E-state index contributed by atoms with van der Waals surface area (Å²) in [4.78, 5) is 24.4. The normalized spacial score (nSPS) is 16.1. The van der Waals surface area contributed by atoms with Gasteiger partial charge in [0.1, 0.15) is 12.6 Å². The van der Waals surface area contributed by atoms with Crippen LogP contribution in [0, 0.1) is 6.92 Å². The fraction of sp³-hybridized carbons (Fsp3) is 0.238. The highest BCUT2D eigenvalue weighted by Gasteiger charge is 2.32. The van der Waals surface area contributed by atoms with Crippen LogP contribution in [0.5, 0.6) is 0 Å². The molecule has 138 valence electrons. The maximum atomic E-state index is 13.1. The second kappa shape index (κ2) is 6.89. The average molecular weight is 363 g/mol. The van der Waals surface area contributed by atoms with Crippen molar-refractivity contribution in [2.24, 2.45) is 0 Å². The molecule has 0 saturated carbocycles. The van der Waals surface area contributed by atoms with Crippen molar-refractivity contribution in [2.45, 2.75) is 25.9 Å². The van der Waals surface area contributed by atoms with Crippen LogP contribution >= 0.6 is 0 Å². The lowest BCUT2D eigenvalue weighted by atomic mass is 9.97. The zero-order chi connectivity index (χ0) is 19.0. The van der Waals surface area contributed by atoms with Gasteiger partial charge in [0.2, 0.25) is 5.91 Å². The number of nitrogens with zero attached hydrogens (tertiary/aromatic N) is 1. The van der Waals surface area contributed by atoms with E-state index in [9.17, 15) is 14.7 Å². The first-order chi connectivity index (χ1) is 13.1. The van der Waals surface area contributed by atoms with Gasteiger partial charge in [0.15, 0.2) is 0 Å². The van der Waals surface area contributed by atoms with E-state index in [1.165, 1.54) is 0 Å². The summed E-state index contributed by atoms with van der Waals surface area (Å²) in [6.07, 6.45) is 0.686. The summed E-state index contributed by atoms with van der Waals surface area (Å²) >= 11 is 0. The number of carbonyl (C=O) groups is 2. The van der Waals surface area contributed by atoms with E-state index in [-0.39, 0.29) is 12.5 Å². The van der Waals surface area contributed by atoms with Crippen LogP contribution in [0.3, 0.4) is 0 Å². The van der Waals surface area contributed by atoms with Crippen molar-refractivity contribution in [3.8, 4) is 0 Å². The fourth-order valence-electron chi connectivity index (χ4n) is 3.87. The van der Waals surface area contributed by atoms with Crippen molar-refractivity contribution in [1.82, 2.24) is 9.88 Å². The summed E-state index contributed by atoms with van der Waals surface area (Å²) in [6, 6.07) is 14.8. The Hall–Kier alpha value is -3.12. The van der Waals surface area contributed by atoms with Crippen LogP contribution in [-0.4, -0.2) is 28.1 Å². The van der Waals surface area contributed by atoms with E-state index >= 15 is 0 Å². The molecular formula is C21H21N3O3. The number of aryl methyl sites for hydroxylation is 1. The van der Waals surface area contributed by atoms with Crippen molar-refractivity contribution in [3.63, 3.8) is 0 Å². The van der Waals surface area contributed by atoms with Crippen LogP contribution < -0.4 is 10.6 Å². The Labute approximate surface area is 156 Å². The van der Waals surface area contributed by atoms with Gasteiger partial charge in [-0.1, -0.05) is 36.4 Å². The van der Waals surface area contributed by atoms with Crippen molar-refractivity contribution >= 4 is 28.5 Å². The number of rotatable bonds is 4. The molecule has 3 N–H and O–H groups in total. The van der Waals surface area contributed by atoms with Crippen molar-refractivity contribution < 1.29 is 14.7 Å². The maximum absolute atomic E-state index is 13.1. The number of amides is 1. The van der Waals surface area contributed by atoms with Gasteiger partial charge in [0.05, 0.1) is 0 Å². The number of fused-ring (bicyclic) bond motifs is 3. The molecule has 6 heteroatoms. The van der Waals surface area contributed by atoms with Gasteiger partial charge < -0.3 is 20.3 Å². The van der Waals surface area contributed by atoms with Gasteiger partial charge in [-0.3, -0.25) is 9.59 Å². The second-order valence-electron chi connectivity index (χ2n) is 6.80. The third-order valence-electron chi connectivity index (χ3n) is 5.08. The number of carboxylic acids is 1. The van der Waals surface area contributed by atoms with Gasteiger partial charge in [-0.05, 0) is 24.6 Å². The van der Waals surface area contributed by atoms with Crippen LogP contribution in [0.1, 0.15) is 22.9 Å². The summed E-state index contributed by atoms with van der Waals surface area (Å²) in [5.74, 6) is -1.03. The van der Waals surface area contributed by atoms with E-state index in [0.29, 0.717) is 13.0 Å². The first-order valence-electron chi connectivity index (χ1n) is 8.98. The van der Waals surface area contributed by atoms with E-state index in [1.54, 1.807) is 0 Å². The van der Waals surface area contributed by atoms with Crippen molar-refractivity contribution in [3.05, 3.63) is 65.4 Å². The molecule has 4 rings (SSSR count). The Morgan fingerprint density at radius 2 is 1.93 bits per heavy atom. The highest BCUT2D eigenvalue weighted by Crippen LogP contribution is 2.34. The fourth-order valence-corrected chi connectivity index (χ4v) is 3.87. The number of para-hydroxylation sites is 2. The zero-order valence-electron chi connectivity index (χ0n) is 15.0. The van der Waals surface area contributed by atoms with E-state index in [2.05, 4.69) is 10.6 Å². The Kier molecular flexibility index (Phi) is 4.41. The molecular weight excluding hydrogens is 342 g/mol. The third kappa shape index (κ3) is 3.08. The standard InChI is InChI=1S/C21H21N3O3/c1-13-6-2-4-8-15(13)23-21(27)20-19-14-7-3-5-9-16(14)24(12-18(25)26)17(19)10-11-22-20/h2-9,20,22H,10-12H2,1H3,(H,23,27)(H,25,26). The summed E-state index contributed by atoms with van der Waals surface area (Å²) in [5.41, 5.74) is 4.43. The van der Waals surface area contributed by atoms with E-state index in [1.807, 2.05) is 60.0 Å². The number of nitrogens with one attached hydrogen (secondary N) is 2. The average Bonchev–Trinajstić information content (AvgIpc) is 2.97. The van der Waals surface area contributed by atoms with Crippen molar-refractivity contribution in [2.75, 3.05) is 11.9 Å². The smallest absolute Gasteiger partial charge is 0.323 e. The van der Waals surface area contributed by atoms with Gasteiger partial charge >= 0.3 is 5.97 Å². The lowest BCUT2D eigenvalue weighted by Gasteiger charge is -2.25. The number of carbonyl (C=O) groups excluding carboxylic acids is 1. The SMILES string of the molecule is Cc1ccccc1NC(=O)C1NCCc2c1c1ccccc1n2CC(=O)O. The Bertz CT molecular complexity index is 1040. The topological polar surface area (TPSA) is 83.4 Å². The summed E-state index contributed by atoms with van der Waals surface area (Å²) in [7, 11) is 0. The van der Waals surface area contributed by atoms with Crippen molar-refractivity contribution in [1.29, 1.82) is 0 Å². The minimum atomic E-state index is -0.891. The summed E-state index contributed by atoms with van der Waals surface area (Å²) < 4.78 is 1.82. The highest BCUT2D eigenvalue weighted by molar-refractivity contribution is 6.00. The zero-order valence-corrected chi connectivity index (χ0v) is 15.0. The minimum Gasteiger partial charge on any atom is -0.480 e. The van der Waals surface area contributed by atoms with Crippen LogP contribution in [0.25, 0.3) is 10.9 Å². The summed E-state index contributed by atoms with van der Waals surface area (Å²) in [6.45, 7) is 2.46.